The van der Waals surface area contributed by atoms with E-state index >= 15 is 0 Å². The molecule has 2 aliphatic rings. The summed E-state index contributed by atoms with van der Waals surface area (Å²) in [7, 11) is -3.26. The fourth-order valence-corrected chi connectivity index (χ4v) is 4.13. The van der Waals surface area contributed by atoms with E-state index in [1.165, 1.54) is 10.3 Å². The third-order valence-corrected chi connectivity index (χ3v) is 5.42. The van der Waals surface area contributed by atoms with Gasteiger partial charge in [0.15, 0.2) is 9.84 Å². The molecule has 2 heterocycles. The average Bonchev–Trinajstić information content (AvgIpc) is 3.11. The Morgan fingerprint density at radius 2 is 2.00 bits per heavy atom. The van der Waals surface area contributed by atoms with Crippen molar-refractivity contribution in [1.29, 1.82) is 0 Å². The quantitative estimate of drug-likeness (QED) is 0.845. The molecule has 0 spiro atoms. The van der Waals surface area contributed by atoms with Gasteiger partial charge in [-0.3, -0.25) is 4.79 Å². The molecular formula is C15H16ClNO4S. The highest BCUT2D eigenvalue weighted by Crippen LogP contribution is 2.27. The van der Waals surface area contributed by atoms with Crippen LogP contribution >= 0.6 is 11.6 Å². The van der Waals surface area contributed by atoms with Crippen molar-refractivity contribution >= 4 is 33.0 Å². The van der Waals surface area contributed by atoms with Gasteiger partial charge in [-0.2, -0.15) is 0 Å². The van der Waals surface area contributed by atoms with Gasteiger partial charge in [0.2, 0.25) is 0 Å². The number of halogens is 1. The number of hydrogen-bond donors (Lipinski definition) is 0. The first-order chi connectivity index (χ1) is 10.5. The normalized spacial score (nSPS) is 26.2. The molecule has 0 radical (unpaired) electrons. The number of anilines is 1. The van der Waals surface area contributed by atoms with Crippen LogP contribution in [0, 0.1) is 0 Å². The van der Waals surface area contributed by atoms with Crippen LogP contribution < -0.4 is 4.90 Å². The summed E-state index contributed by atoms with van der Waals surface area (Å²) in [4.78, 5) is 14.3. The van der Waals surface area contributed by atoms with E-state index in [4.69, 9.17) is 16.3 Å². The molecule has 0 unspecified atom stereocenters. The lowest BCUT2D eigenvalue weighted by molar-refractivity contribution is -0.127. The Balaban J connectivity index is 1.93. The SMILES string of the molecule is O=C([C@@H]1CCCO1)N(c1ccc(Cl)cc1)[C@H]1C=CS(=O)(=O)C1. The summed E-state index contributed by atoms with van der Waals surface area (Å²) in [6, 6.07) is 6.28. The highest BCUT2D eigenvalue weighted by molar-refractivity contribution is 7.94. The lowest BCUT2D eigenvalue weighted by Crippen LogP contribution is -2.46. The summed E-state index contributed by atoms with van der Waals surface area (Å²) in [6.07, 6.45) is 2.54. The molecule has 118 valence electrons. The first-order valence-corrected chi connectivity index (χ1v) is 9.17. The van der Waals surface area contributed by atoms with Gasteiger partial charge in [0, 0.05) is 22.7 Å². The van der Waals surface area contributed by atoms with Crippen molar-refractivity contribution < 1.29 is 17.9 Å². The molecule has 1 amide bonds. The monoisotopic (exact) mass is 341 g/mol. The minimum atomic E-state index is -3.26. The number of ether oxygens (including phenoxy) is 1. The van der Waals surface area contributed by atoms with Crippen LogP contribution in [0.3, 0.4) is 0 Å². The standard InChI is InChI=1S/C15H16ClNO4S/c16-11-3-5-12(6-4-11)17(13-7-9-22(19,20)10-13)15(18)14-2-1-8-21-14/h3-7,9,13-14H,1-2,8,10H2/t13-,14-/m0/s1. The molecule has 0 bridgehead atoms. The van der Waals surface area contributed by atoms with Crippen LogP contribution in [-0.4, -0.2) is 38.8 Å². The number of carbonyl (C=O) groups is 1. The molecule has 0 N–H and O–H groups in total. The van der Waals surface area contributed by atoms with Crippen LogP contribution in [0.5, 0.6) is 0 Å². The Labute approximate surface area is 134 Å². The molecule has 0 aromatic heterocycles. The topological polar surface area (TPSA) is 63.7 Å². The summed E-state index contributed by atoms with van der Waals surface area (Å²) in [5.74, 6) is -0.305. The van der Waals surface area contributed by atoms with Crippen molar-refractivity contribution in [2.45, 2.75) is 25.0 Å². The number of hydrogen-bond acceptors (Lipinski definition) is 4. The van der Waals surface area contributed by atoms with Crippen molar-refractivity contribution in [2.24, 2.45) is 0 Å². The molecular weight excluding hydrogens is 326 g/mol. The van der Waals surface area contributed by atoms with E-state index in [0.29, 0.717) is 23.7 Å². The van der Waals surface area contributed by atoms with E-state index in [-0.39, 0.29) is 11.7 Å². The number of nitrogens with zero attached hydrogens (tertiary/aromatic N) is 1. The third kappa shape index (κ3) is 3.19. The summed E-state index contributed by atoms with van der Waals surface area (Å²) in [5, 5.41) is 1.73. The van der Waals surface area contributed by atoms with Crippen molar-refractivity contribution in [3.8, 4) is 0 Å². The number of amides is 1. The molecule has 0 aliphatic carbocycles. The highest BCUT2D eigenvalue weighted by atomic mass is 35.5. The zero-order valence-electron chi connectivity index (χ0n) is 11.8. The molecule has 2 aliphatic heterocycles. The average molecular weight is 342 g/mol. The van der Waals surface area contributed by atoms with Crippen LogP contribution in [0.15, 0.2) is 35.7 Å². The van der Waals surface area contributed by atoms with E-state index in [2.05, 4.69) is 0 Å². The zero-order chi connectivity index (χ0) is 15.7. The van der Waals surface area contributed by atoms with Crippen LogP contribution in [0.2, 0.25) is 5.02 Å². The maximum Gasteiger partial charge on any atom is 0.256 e. The minimum absolute atomic E-state index is 0.103. The van der Waals surface area contributed by atoms with E-state index in [1.54, 1.807) is 30.3 Å². The van der Waals surface area contributed by atoms with Crippen molar-refractivity contribution in [2.75, 3.05) is 17.3 Å². The number of benzene rings is 1. The lowest BCUT2D eigenvalue weighted by Gasteiger charge is -2.29. The van der Waals surface area contributed by atoms with Crippen LogP contribution in [0.4, 0.5) is 5.69 Å². The Bertz CT molecular complexity index is 693. The fourth-order valence-electron chi connectivity index (χ4n) is 2.73. The summed E-state index contributed by atoms with van der Waals surface area (Å²) in [5.41, 5.74) is 0.622. The predicted molar refractivity (Wildman–Crippen MR) is 84.6 cm³/mol. The molecule has 3 rings (SSSR count). The van der Waals surface area contributed by atoms with Crippen LogP contribution in [0.25, 0.3) is 0 Å². The molecule has 5 nitrogen and oxygen atoms in total. The van der Waals surface area contributed by atoms with Gasteiger partial charge in [0.1, 0.15) is 6.10 Å². The Hall–Kier alpha value is -1.37. The second-order valence-electron chi connectivity index (χ2n) is 5.41. The van der Waals surface area contributed by atoms with Crippen molar-refractivity contribution in [3.63, 3.8) is 0 Å². The fraction of sp³-hybridized carbons (Fsp3) is 0.400. The van der Waals surface area contributed by atoms with E-state index < -0.39 is 22.0 Å². The summed E-state index contributed by atoms with van der Waals surface area (Å²) >= 11 is 5.89. The smallest absolute Gasteiger partial charge is 0.256 e. The summed E-state index contributed by atoms with van der Waals surface area (Å²) in [6.45, 7) is 0.559. The van der Waals surface area contributed by atoms with Gasteiger partial charge in [-0.05, 0) is 43.2 Å². The minimum Gasteiger partial charge on any atom is -0.368 e. The van der Waals surface area contributed by atoms with E-state index in [1.807, 2.05) is 0 Å². The first-order valence-electron chi connectivity index (χ1n) is 7.07. The van der Waals surface area contributed by atoms with Gasteiger partial charge < -0.3 is 9.64 Å². The molecule has 7 heteroatoms. The van der Waals surface area contributed by atoms with Gasteiger partial charge in [-0.25, -0.2) is 8.42 Å². The molecule has 22 heavy (non-hydrogen) atoms. The van der Waals surface area contributed by atoms with Gasteiger partial charge in [-0.15, -0.1) is 0 Å². The van der Waals surface area contributed by atoms with Crippen LogP contribution in [-0.2, 0) is 19.4 Å². The van der Waals surface area contributed by atoms with E-state index in [0.717, 1.165) is 6.42 Å². The zero-order valence-corrected chi connectivity index (χ0v) is 13.4. The van der Waals surface area contributed by atoms with Crippen molar-refractivity contribution in [1.82, 2.24) is 0 Å². The Morgan fingerprint density at radius 1 is 1.27 bits per heavy atom. The van der Waals surface area contributed by atoms with Gasteiger partial charge >= 0.3 is 0 Å². The van der Waals surface area contributed by atoms with Gasteiger partial charge in [-0.1, -0.05) is 11.6 Å². The highest BCUT2D eigenvalue weighted by Gasteiger charge is 2.36. The maximum absolute atomic E-state index is 12.8. The molecule has 1 fully saturated rings. The largest absolute Gasteiger partial charge is 0.368 e. The number of sulfone groups is 1. The maximum atomic E-state index is 12.8. The van der Waals surface area contributed by atoms with E-state index in [9.17, 15) is 13.2 Å². The molecule has 1 aromatic carbocycles. The predicted octanol–water partition coefficient (Wildman–Crippen LogP) is 2.16. The second-order valence-corrected chi connectivity index (χ2v) is 7.78. The number of rotatable bonds is 3. The van der Waals surface area contributed by atoms with Crippen molar-refractivity contribution in [3.05, 3.63) is 40.8 Å². The molecule has 2 atom stereocenters. The number of carbonyl (C=O) groups excluding carboxylic acids is 1. The lowest BCUT2D eigenvalue weighted by atomic mass is 10.1. The second kappa shape index (κ2) is 6.02. The van der Waals surface area contributed by atoms with Gasteiger partial charge in [0.25, 0.3) is 5.91 Å². The van der Waals surface area contributed by atoms with Gasteiger partial charge in [0.05, 0.1) is 11.8 Å². The molecule has 1 aromatic rings. The summed E-state index contributed by atoms with van der Waals surface area (Å²) < 4.78 is 28.9. The first kappa shape index (κ1) is 15.5. The van der Waals surface area contributed by atoms with Crippen LogP contribution in [0.1, 0.15) is 12.8 Å². The Morgan fingerprint density at radius 3 is 2.55 bits per heavy atom. The third-order valence-electron chi connectivity index (χ3n) is 3.79. The molecule has 0 saturated carbocycles. The molecule has 1 saturated heterocycles. The Kier molecular flexibility index (Phi) is 4.25.